The van der Waals surface area contributed by atoms with Gasteiger partial charge in [-0.1, -0.05) is 29.8 Å². The molecule has 0 aromatic heterocycles. The molecule has 1 aromatic rings. The van der Waals surface area contributed by atoms with E-state index in [0.29, 0.717) is 5.92 Å². The Morgan fingerprint density at radius 3 is 2.81 bits per heavy atom. The van der Waals surface area contributed by atoms with E-state index in [2.05, 4.69) is 40.4 Å². The minimum absolute atomic E-state index is 0.0549. The predicted octanol–water partition coefficient (Wildman–Crippen LogP) is 3.23. The number of benzene rings is 1. The quantitative estimate of drug-likeness (QED) is 0.875. The Bertz CT molecular complexity index is 417. The van der Waals surface area contributed by atoms with Crippen LogP contribution in [-0.2, 0) is 4.79 Å². The van der Waals surface area contributed by atoms with Crippen molar-refractivity contribution in [3.8, 4) is 0 Å². The number of nitrogens with one attached hydrogen (secondary N) is 2. The van der Waals surface area contributed by atoms with Crippen LogP contribution in [0.25, 0.3) is 0 Å². The van der Waals surface area contributed by atoms with Gasteiger partial charge in [0.15, 0.2) is 0 Å². The summed E-state index contributed by atoms with van der Waals surface area (Å²) in [5.74, 6) is 0.555. The van der Waals surface area contributed by atoms with Gasteiger partial charge in [0.05, 0.1) is 11.4 Å². The summed E-state index contributed by atoms with van der Waals surface area (Å²) in [6, 6.07) is 5.74. The Labute approximate surface area is 104 Å². The van der Waals surface area contributed by atoms with E-state index in [0.717, 1.165) is 22.3 Å². The molecule has 0 radical (unpaired) electrons. The zero-order valence-corrected chi connectivity index (χ0v) is 11.0. The summed E-state index contributed by atoms with van der Waals surface area (Å²) < 4.78 is 0.968. The fourth-order valence-electron chi connectivity index (χ4n) is 1.86. The van der Waals surface area contributed by atoms with Gasteiger partial charge < -0.3 is 10.6 Å². The van der Waals surface area contributed by atoms with Crippen molar-refractivity contribution in [2.45, 2.75) is 26.3 Å². The van der Waals surface area contributed by atoms with Gasteiger partial charge in [-0.15, -0.1) is 0 Å². The molecule has 1 atom stereocenters. The molecule has 0 spiro atoms. The Balaban J connectivity index is 2.22. The average Bonchev–Trinajstić information content (AvgIpc) is 2.19. The summed E-state index contributed by atoms with van der Waals surface area (Å²) in [5, 5.41) is 6.20. The molecule has 0 fully saturated rings. The summed E-state index contributed by atoms with van der Waals surface area (Å²) in [6.07, 6.45) is 0.849. The van der Waals surface area contributed by atoms with Crippen molar-refractivity contribution < 1.29 is 4.79 Å². The normalized spacial score (nSPS) is 19.0. The van der Waals surface area contributed by atoms with Gasteiger partial charge in [-0.2, -0.15) is 0 Å². The van der Waals surface area contributed by atoms with Crippen molar-refractivity contribution in [1.29, 1.82) is 0 Å². The molecule has 1 heterocycles. The summed E-state index contributed by atoms with van der Waals surface area (Å²) >= 11 is 3.39. The van der Waals surface area contributed by atoms with Crippen LogP contribution in [0.5, 0.6) is 0 Å². The fourth-order valence-corrected chi connectivity index (χ4v) is 2.22. The van der Waals surface area contributed by atoms with E-state index in [-0.39, 0.29) is 11.9 Å². The van der Waals surface area contributed by atoms with Crippen LogP contribution in [-0.4, -0.2) is 11.9 Å². The first kappa shape index (κ1) is 11.5. The third kappa shape index (κ3) is 2.38. The number of hydrogen-bond donors (Lipinski definition) is 2. The summed E-state index contributed by atoms with van der Waals surface area (Å²) in [7, 11) is 0. The minimum Gasteiger partial charge on any atom is -0.372 e. The number of amides is 1. The summed E-state index contributed by atoms with van der Waals surface area (Å²) in [6.45, 7) is 4.23. The Hall–Kier alpha value is -1.03. The van der Waals surface area contributed by atoms with Crippen molar-refractivity contribution in [1.82, 2.24) is 0 Å². The van der Waals surface area contributed by atoms with E-state index in [1.807, 2.05) is 18.2 Å². The van der Waals surface area contributed by atoms with Crippen LogP contribution in [0.2, 0.25) is 0 Å². The van der Waals surface area contributed by atoms with E-state index in [9.17, 15) is 4.79 Å². The first-order valence-electron chi connectivity index (χ1n) is 5.43. The summed E-state index contributed by atoms with van der Waals surface area (Å²) in [5.41, 5.74) is 1.84. The van der Waals surface area contributed by atoms with E-state index in [1.54, 1.807) is 0 Å². The van der Waals surface area contributed by atoms with Gasteiger partial charge in [0.2, 0.25) is 5.91 Å². The maximum atomic E-state index is 11.8. The van der Waals surface area contributed by atoms with E-state index in [1.165, 1.54) is 0 Å². The number of carbonyl (C=O) groups excluding carboxylic acids is 1. The third-order valence-corrected chi connectivity index (χ3v) is 3.09. The zero-order chi connectivity index (χ0) is 11.7. The molecule has 4 heteroatoms. The molecular formula is C12H15BrN2O. The van der Waals surface area contributed by atoms with E-state index in [4.69, 9.17) is 0 Å². The van der Waals surface area contributed by atoms with Crippen LogP contribution in [0.1, 0.15) is 20.3 Å². The molecule has 0 aliphatic carbocycles. The highest BCUT2D eigenvalue weighted by Gasteiger charge is 2.25. The average molecular weight is 283 g/mol. The SMILES string of the molecule is CC(C)CC1Nc2ccc(Br)cc2NC1=O. The van der Waals surface area contributed by atoms with E-state index >= 15 is 0 Å². The molecule has 1 aromatic carbocycles. The van der Waals surface area contributed by atoms with Crippen molar-refractivity contribution in [2.24, 2.45) is 5.92 Å². The van der Waals surface area contributed by atoms with Crippen molar-refractivity contribution in [3.05, 3.63) is 22.7 Å². The van der Waals surface area contributed by atoms with Crippen molar-refractivity contribution in [3.63, 3.8) is 0 Å². The summed E-state index contributed by atoms with van der Waals surface area (Å²) in [4.78, 5) is 11.8. The Kier molecular flexibility index (Phi) is 3.19. The standard InChI is InChI=1S/C12H15BrN2O/c1-7(2)5-11-12(16)15-10-6-8(13)3-4-9(10)14-11/h3-4,6-7,11,14H,5H2,1-2H3,(H,15,16). The van der Waals surface area contributed by atoms with Crippen LogP contribution < -0.4 is 10.6 Å². The molecule has 1 amide bonds. The van der Waals surface area contributed by atoms with Crippen LogP contribution >= 0.6 is 15.9 Å². The lowest BCUT2D eigenvalue weighted by Crippen LogP contribution is -2.39. The lowest BCUT2D eigenvalue weighted by Gasteiger charge is -2.28. The Morgan fingerprint density at radius 2 is 2.12 bits per heavy atom. The van der Waals surface area contributed by atoms with Crippen LogP contribution in [0, 0.1) is 5.92 Å². The monoisotopic (exact) mass is 282 g/mol. The largest absolute Gasteiger partial charge is 0.372 e. The highest BCUT2D eigenvalue weighted by atomic mass is 79.9. The van der Waals surface area contributed by atoms with Gasteiger partial charge in [-0.25, -0.2) is 0 Å². The molecule has 16 heavy (non-hydrogen) atoms. The topological polar surface area (TPSA) is 41.1 Å². The second kappa shape index (κ2) is 4.45. The van der Waals surface area contributed by atoms with Gasteiger partial charge in [-0.3, -0.25) is 4.79 Å². The number of hydrogen-bond acceptors (Lipinski definition) is 2. The van der Waals surface area contributed by atoms with Gasteiger partial charge in [0.1, 0.15) is 6.04 Å². The molecule has 0 bridgehead atoms. The second-order valence-electron chi connectivity index (χ2n) is 4.51. The molecule has 2 N–H and O–H groups in total. The number of halogens is 1. The van der Waals surface area contributed by atoms with Crippen molar-refractivity contribution >= 4 is 33.2 Å². The smallest absolute Gasteiger partial charge is 0.246 e. The van der Waals surface area contributed by atoms with E-state index < -0.39 is 0 Å². The molecular weight excluding hydrogens is 268 g/mol. The van der Waals surface area contributed by atoms with Crippen molar-refractivity contribution in [2.75, 3.05) is 10.6 Å². The van der Waals surface area contributed by atoms with Gasteiger partial charge >= 0.3 is 0 Å². The number of carbonyl (C=O) groups is 1. The van der Waals surface area contributed by atoms with Gasteiger partial charge in [-0.05, 0) is 30.5 Å². The lowest BCUT2D eigenvalue weighted by molar-refractivity contribution is -0.117. The number of anilines is 2. The minimum atomic E-state index is -0.117. The fraction of sp³-hybridized carbons (Fsp3) is 0.417. The maximum Gasteiger partial charge on any atom is 0.246 e. The molecule has 1 aliphatic rings. The highest BCUT2D eigenvalue weighted by Crippen LogP contribution is 2.30. The first-order chi connectivity index (χ1) is 7.56. The lowest BCUT2D eigenvalue weighted by atomic mass is 10.0. The molecule has 86 valence electrons. The Morgan fingerprint density at radius 1 is 1.38 bits per heavy atom. The van der Waals surface area contributed by atoms with Crippen LogP contribution in [0.15, 0.2) is 22.7 Å². The number of fused-ring (bicyclic) bond motifs is 1. The van der Waals surface area contributed by atoms with Crippen LogP contribution in [0.4, 0.5) is 11.4 Å². The van der Waals surface area contributed by atoms with Gasteiger partial charge in [0, 0.05) is 4.47 Å². The molecule has 0 saturated heterocycles. The highest BCUT2D eigenvalue weighted by molar-refractivity contribution is 9.10. The predicted molar refractivity (Wildman–Crippen MR) is 69.6 cm³/mol. The van der Waals surface area contributed by atoms with Crippen LogP contribution in [0.3, 0.4) is 0 Å². The first-order valence-corrected chi connectivity index (χ1v) is 6.22. The maximum absolute atomic E-state index is 11.8. The zero-order valence-electron chi connectivity index (χ0n) is 9.38. The second-order valence-corrected chi connectivity index (χ2v) is 5.42. The third-order valence-electron chi connectivity index (χ3n) is 2.59. The molecule has 0 saturated carbocycles. The molecule has 2 rings (SSSR count). The number of rotatable bonds is 2. The molecule has 3 nitrogen and oxygen atoms in total. The molecule has 1 unspecified atom stereocenters. The van der Waals surface area contributed by atoms with Gasteiger partial charge in [0.25, 0.3) is 0 Å². The molecule has 1 aliphatic heterocycles.